The van der Waals surface area contributed by atoms with E-state index < -0.39 is 0 Å². The zero-order chi connectivity index (χ0) is 10.3. The van der Waals surface area contributed by atoms with E-state index in [1.807, 2.05) is 6.20 Å². The Labute approximate surface area is 85.4 Å². The molecular formula is C12H18N2. The number of hydrogen-bond donors (Lipinski definition) is 1. The van der Waals surface area contributed by atoms with E-state index in [4.69, 9.17) is 4.99 Å². The number of fused-ring (bicyclic) bond motifs is 1. The molecule has 1 aliphatic rings. The van der Waals surface area contributed by atoms with Crippen molar-refractivity contribution in [2.45, 2.75) is 33.6 Å². The molecule has 1 aromatic rings. The number of hydrogen-bond acceptors (Lipinski definition) is 1. The minimum atomic E-state index is 0.150. The number of nitrogens with zero attached hydrogens (tertiary/aromatic N) is 1. The van der Waals surface area contributed by atoms with Gasteiger partial charge in [0, 0.05) is 41.0 Å². The largest absolute Gasteiger partial charge is 0.364 e. The molecule has 2 heteroatoms. The molecule has 1 N–H and O–H groups in total. The fourth-order valence-corrected chi connectivity index (χ4v) is 2.04. The summed E-state index contributed by atoms with van der Waals surface area (Å²) in [6.07, 6.45) is 2.02. The lowest BCUT2D eigenvalue weighted by atomic mass is 9.82. The molecule has 0 saturated carbocycles. The van der Waals surface area contributed by atoms with Crippen LogP contribution in [0.1, 0.15) is 44.9 Å². The summed E-state index contributed by atoms with van der Waals surface area (Å²) >= 11 is 0. The monoisotopic (exact) mass is 190 g/mol. The van der Waals surface area contributed by atoms with Crippen molar-refractivity contribution in [3.05, 3.63) is 23.5 Å². The second-order valence-corrected chi connectivity index (χ2v) is 5.15. The van der Waals surface area contributed by atoms with Crippen LogP contribution in [0.5, 0.6) is 0 Å². The van der Waals surface area contributed by atoms with Gasteiger partial charge in [-0.1, -0.05) is 27.7 Å². The fourth-order valence-electron chi connectivity index (χ4n) is 2.04. The molecular weight excluding hydrogens is 172 g/mol. The first kappa shape index (κ1) is 9.50. The Morgan fingerprint density at radius 1 is 1.43 bits per heavy atom. The van der Waals surface area contributed by atoms with Gasteiger partial charge in [0.05, 0.1) is 0 Å². The molecule has 0 aliphatic carbocycles. The van der Waals surface area contributed by atoms with Gasteiger partial charge in [-0.05, 0) is 6.07 Å². The molecule has 2 nitrogen and oxygen atoms in total. The Balaban J connectivity index is 2.49. The van der Waals surface area contributed by atoms with E-state index in [9.17, 15) is 0 Å². The van der Waals surface area contributed by atoms with Crippen molar-refractivity contribution in [1.29, 1.82) is 0 Å². The molecule has 1 atom stereocenters. The van der Waals surface area contributed by atoms with Crippen molar-refractivity contribution in [3.63, 3.8) is 0 Å². The molecule has 0 radical (unpaired) electrons. The van der Waals surface area contributed by atoms with Crippen molar-refractivity contribution in [2.24, 2.45) is 10.4 Å². The van der Waals surface area contributed by atoms with Gasteiger partial charge in [-0.25, -0.2) is 0 Å². The second kappa shape index (κ2) is 2.97. The van der Waals surface area contributed by atoms with Crippen molar-refractivity contribution < 1.29 is 0 Å². The molecule has 0 aromatic carbocycles. The second-order valence-electron chi connectivity index (χ2n) is 5.15. The van der Waals surface area contributed by atoms with Crippen molar-refractivity contribution in [3.8, 4) is 0 Å². The van der Waals surface area contributed by atoms with Crippen LogP contribution in [-0.2, 0) is 0 Å². The predicted octanol–water partition coefficient (Wildman–Crippen LogP) is 2.97. The SMILES string of the molecule is CC1CN=C(C(C)(C)C)c2cc[nH]c21. The van der Waals surface area contributed by atoms with Crippen LogP contribution >= 0.6 is 0 Å². The average molecular weight is 190 g/mol. The maximum Gasteiger partial charge on any atom is 0.0492 e. The normalized spacial score (nSPS) is 21.7. The van der Waals surface area contributed by atoms with Gasteiger partial charge in [0.1, 0.15) is 0 Å². The first-order valence-electron chi connectivity index (χ1n) is 5.22. The Morgan fingerprint density at radius 2 is 2.14 bits per heavy atom. The molecule has 0 amide bonds. The van der Waals surface area contributed by atoms with E-state index in [-0.39, 0.29) is 5.41 Å². The maximum atomic E-state index is 4.69. The lowest BCUT2D eigenvalue weighted by molar-refractivity contribution is 0.578. The van der Waals surface area contributed by atoms with Gasteiger partial charge in [-0.2, -0.15) is 0 Å². The summed E-state index contributed by atoms with van der Waals surface area (Å²) in [4.78, 5) is 8.02. The number of aromatic nitrogens is 1. The van der Waals surface area contributed by atoms with Crippen LogP contribution in [0, 0.1) is 5.41 Å². The Morgan fingerprint density at radius 3 is 2.79 bits per heavy atom. The number of aromatic amines is 1. The molecule has 0 bridgehead atoms. The first-order valence-corrected chi connectivity index (χ1v) is 5.22. The Kier molecular flexibility index (Phi) is 2.02. The molecule has 76 valence electrons. The number of H-pyrrole nitrogens is 1. The minimum Gasteiger partial charge on any atom is -0.364 e. The first-order chi connectivity index (χ1) is 6.50. The van der Waals surface area contributed by atoms with Crippen LogP contribution in [0.4, 0.5) is 0 Å². The molecule has 0 saturated heterocycles. The Bertz CT molecular complexity index is 366. The van der Waals surface area contributed by atoms with Gasteiger partial charge in [-0.3, -0.25) is 4.99 Å². The standard InChI is InChI=1S/C12H18N2/c1-8-7-14-11(12(2,3)4)9-5-6-13-10(8)9/h5-6,8,13H,7H2,1-4H3. The number of nitrogens with one attached hydrogen (secondary N) is 1. The summed E-state index contributed by atoms with van der Waals surface area (Å²) in [6, 6.07) is 2.15. The van der Waals surface area contributed by atoms with Gasteiger partial charge in [-0.15, -0.1) is 0 Å². The summed E-state index contributed by atoms with van der Waals surface area (Å²) in [7, 11) is 0. The summed E-state index contributed by atoms with van der Waals surface area (Å²) in [5.41, 5.74) is 4.06. The highest BCUT2D eigenvalue weighted by Gasteiger charge is 2.28. The highest BCUT2D eigenvalue weighted by Crippen LogP contribution is 2.31. The van der Waals surface area contributed by atoms with Crippen LogP contribution < -0.4 is 0 Å². The van der Waals surface area contributed by atoms with Crippen LogP contribution in [0.25, 0.3) is 0 Å². The highest BCUT2D eigenvalue weighted by molar-refractivity contribution is 6.05. The Hall–Kier alpha value is -1.05. The molecule has 2 heterocycles. The molecule has 14 heavy (non-hydrogen) atoms. The van der Waals surface area contributed by atoms with Gasteiger partial charge in [0.2, 0.25) is 0 Å². The summed E-state index contributed by atoms with van der Waals surface area (Å²) < 4.78 is 0. The highest BCUT2D eigenvalue weighted by atomic mass is 14.8. The van der Waals surface area contributed by atoms with Gasteiger partial charge < -0.3 is 4.98 Å². The third-order valence-corrected chi connectivity index (χ3v) is 2.76. The van der Waals surface area contributed by atoms with Crippen molar-refractivity contribution in [1.82, 2.24) is 4.98 Å². The fraction of sp³-hybridized carbons (Fsp3) is 0.583. The molecule has 1 unspecified atom stereocenters. The van der Waals surface area contributed by atoms with E-state index in [0.717, 1.165) is 6.54 Å². The van der Waals surface area contributed by atoms with Crippen LogP contribution in [-0.4, -0.2) is 17.2 Å². The zero-order valence-corrected chi connectivity index (χ0v) is 9.39. The van der Waals surface area contributed by atoms with Crippen LogP contribution in [0.2, 0.25) is 0 Å². The van der Waals surface area contributed by atoms with Crippen molar-refractivity contribution in [2.75, 3.05) is 6.54 Å². The van der Waals surface area contributed by atoms with Crippen LogP contribution in [0.15, 0.2) is 17.3 Å². The average Bonchev–Trinajstić information content (AvgIpc) is 2.50. The summed E-state index contributed by atoms with van der Waals surface area (Å²) in [5, 5.41) is 0. The van der Waals surface area contributed by atoms with E-state index in [0.29, 0.717) is 5.92 Å². The minimum absolute atomic E-state index is 0.150. The van der Waals surface area contributed by atoms with E-state index in [2.05, 4.69) is 38.7 Å². The predicted molar refractivity (Wildman–Crippen MR) is 60.1 cm³/mol. The van der Waals surface area contributed by atoms with Gasteiger partial charge in [0.25, 0.3) is 0 Å². The third kappa shape index (κ3) is 1.39. The lowest BCUT2D eigenvalue weighted by Crippen LogP contribution is -2.26. The molecule has 0 fully saturated rings. The molecule has 2 rings (SSSR count). The molecule has 1 aliphatic heterocycles. The number of rotatable bonds is 0. The quantitative estimate of drug-likeness (QED) is 0.651. The smallest absolute Gasteiger partial charge is 0.0492 e. The van der Waals surface area contributed by atoms with Crippen LogP contribution in [0.3, 0.4) is 0 Å². The van der Waals surface area contributed by atoms with Gasteiger partial charge >= 0.3 is 0 Å². The van der Waals surface area contributed by atoms with E-state index in [1.165, 1.54) is 17.0 Å². The molecule has 1 aromatic heterocycles. The zero-order valence-electron chi connectivity index (χ0n) is 9.39. The van der Waals surface area contributed by atoms with Gasteiger partial charge in [0.15, 0.2) is 0 Å². The third-order valence-electron chi connectivity index (χ3n) is 2.76. The maximum absolute atomic E-state index is 4.69. The summed E-state index contributed by atoms with van der Waals surface area (Å²) in [5.74, 6) is 0.533. The number of aliphatic imine (C=N–C) groups is 1. The lowest BCUT2D eigenvalue weighted by Gasteiger charge is -2.27. The topological polar surface area (TPSA) is 28.1 Å². The van der Waals surface area contributed by atoms with E-state index >= 15 is 0 Å². The summed E-state index contributed by atoms with van der Waals surface area (Å²) in [6.45, 7) is 9.80. The molecule has 0 spiro atoms. The van der Waals surface area contributed by atoms with E-state index in [1.54, 1.807) is 0 Å². The van der Waals surface area contributed by atoms with Crippen molar-refractivity contribution >= 4 is 5.71 Å².